The first-order valence-corrected chi connectivity index (χ1v) is 7.17. The highest BCUT2D eigenvalue weighted by Gasteiger charge is 2.24. The van der Waals surface area contributed by atoms with Gasteiger partial charge in [0.2, 0.25) is 0 Å². The first-order valence-electron chi connectivity index (χ1n) is 7.17. The summed E-state index contributed by atoms with van der Waals surface area (Å²) in [5.74, 6) is -0.0264. The maximum Gasteiger partial charge on any atom is 0.276 e. The number of anilines is 1. The van der Waals surface area contributed by atoms with Crippen molar-refractivity contribution in [3.63, 3.8) is 0 Å². The van der Waals surface area contributed by atoms with Crippen LogP contribution in [0, 0.1) is 6.92 Å². The predicted molar refractivity (Wildman–Crippen MR) is 83.4 cm³/mol. The molecule has 0 fully saturated rings. The molecule has 1 amide bonds. The van der Waals surface area contributed by atoms with E-state index in [9.17, 15) is 4.79 Å². The Morgan fingerprint density at radius 3 is 2.71 bits per heavy atom. The second-order valence-corrected chi connectivity index (χ2v) is 5.49. The number of para-hydroxylation sites is 1. The summed E-state index contributed by atoms with van der Waals surface area (Å²) in [5.41, 5.74) is 3.55. The number of pyridine rings is 1. The van der Waals surface area contributed by atoms with Crippen LogP contribution in [0.5, 0.6) is 0 Å². The normalized spacial score (nSPS) is 15.4. The topological polar surface area (TPSA) is 36.4 Å². The Bertz CT molecular complexity index is 669. The zero-order valence-electron chi connectivity index (χ0n) is 12.4. The van der Waals surface area contributed by atoms with Crippen LogP contribution in [0.1, 0.15) is 21.7 Å². The third-order valence-corrected chi connectivity index (χ3v) is 3.78. The second-order valence-electron chi connectivity index (χ2n) is 5.49. The van der Waals surface area contributed by atoms with Crippen molar-refractivity contribution in [2.24, 2.45) is 0 Å². The minimum atomic E-state index is -0.0264. The zero-order valence-corrected chi connectivity index (χ0v) is 12.4. The molecule has 0 saturated heterocycles. The number of aryl methyl sites for hydroxylation is 1. The third-order valence-electron chi connectivity index (χ3n) is 3.78. The number of likely N-dealkylation sites (N-methyl/N-ethyl adjacent to an activating group) is 1. The van der Waals surface area contributed by atoms with Crippen LogP contribution in [0.4, 0.5) is 5.69 Å². The van der Waals surface area contributed by atoms with Gasteiger partial charge in [-0.3, -0.25) is 4.79 Å². The summed E-state index contributed by atoms with van der Waals surface area (Å²) >= 11 is 0. The SMILES string of the molecule is Cc1cccc(C(=O)N2CCN(C)Cc3ccccc32)n1. The lowest BCUT2D eigenvalue weighted by atomic mass is 10.1. The van der Waals surface area contributed by atoms with E-state index >= 15 is 0 Å². The van der Waals surface area contributed by atoms with E-state index in [0.717, 1.165) is 24.5 Å². The van der Waals surface area contributed by atoms with E-state index in [2.05, 4.69) is 23.0 Å². The zero-order chi connectivity index (χ0) is 14.8. The van der Waals surface area contributed by atoms with Crippen molar-refractivity contribution in [2.75, 3.05) is 25.0 Å². The van der Waals surface area contributed by atoms with Gasteiger partial charge < -0.3 is 9.80 Å². The lowest BCUT2D eigenvalue weighted by molar-refractivity contribution is 0.0981. The summed E-state index contributed by atoms with van der Waals surface area (Å²) in [5, 5.41) is 0. The van der Waals surface area contributed by atoms with Crippen LogP contribution in [-0.4, -0.2) is 35.9 Å². The van der Waals surface area contributed by atoms with E-state index < -0.39 is 0 Å². The Labute approximate surface area is 125 Å². The molecule has 1 aromatic heterocycles. The van der Waals surface area contributed by atoms with E-state index in [4.69, 9.17) is 0 Å². The van der Waals surface area contributed by atoms with Crippen LogP contribution in [0.3, 0.4) is 0 Å². The van der Waals surface area contributed by atoms with E-state index in [1.165, 1.54) is 5.56 Å². The molecule has 0 N–H and O–H groups in total. The Morgan fingerprint density at radius 1 is 1.10 bits per heavy atom. The van der Waals surface area contributed by atoms with Crippen molar-refractivity contribution in [1.82, 2.24) is 9.88 Å². The van der Waals surface area contributed by atoms with Crippen LogP contribution in [-0.2, 0) is 6.54 Å². The molecule has 3 rings (SSSR count). The maximum atomic E-state index is 12.8. The molecule has 0 atom stereocenters. The largest absolute Gasteiger partial charge is 0.305 e. The minimum Gasteiger partial charge on any atom is -0.305 e. The highest BCUT2D eigenvalue weighted by atomic mass is 16.2. The van der Waals surface area contributed by atoms with Gasteiger partial charge in [0.15, 0.2) is 0 Å². The third kappa shape index (κ3) is 2.81. The molecule has 4 heteroatoms. The van der Waals surface area contributed by atoms with Crippen LogP contribution in [0.2, 0.25) is 0 Å². The number of hydrogen-bond acceptors (Lipinski definition) is 3. The van der Waals surface area contributed by atoms with Gasteiger partial charge in [-0.15, -0.1) is 0 Å². The number of aromatic nitrogens is 1. The smallest absolute Gasteiger partial charge is 0.276 e. The van der Waals surface area contributed by atoms with Gasteiger partial charge in [0, 0.05) is 31.0 Å². The molecule has 1 aliphatic heterocycles. The number of benzene rings is 1. The number of rotatable bonds is 1. The summed E-state index contributed by atoms with van der Waals surface area (Å²) in [4.78, 5) is 21.3. The van der Waals surface area contributed by atoms with Gasteiger partial charge in [0.25, 0.3) is 5.91 Å². The Hall–Kier alpha value is -2.20. The highest BCUT2D eigenvalue weighted by molar-refractivity contribution is 6.05. The van der Waals surface area contributed by atoms with Crippen LogP contribution in [0.25, 0.3) is 0 Å². The predicted octanol–water partition coefficient (Wildman–Crippen LogP) is 2.48. The van der Waals surface area contributed by atoms with Crippen molar-refractivity contribution in [1.29, 1.82) is 0 Å². The van der Waals surface area contributed by atoms with Crippen molar-refractivity contribution >= 4 is 11.6 Å². The van der Waals surface area contributed by atoms with Crippen molar-refractivity contribution in [3.8, 4) is 0 Å². The number of hydrogen-bond donors (Lipinski definition) is 0. The van der Waals surface area contributed by atoms with E-state index in [1.54, 1.807) is 6.07 Å². The molecule has 2 aromatic rings. The molecule has 108 valence electrons. The van der Waals surface area contributed by atoms with Gasteiger partial charge >= 0.3 is 0 Å². The average Bonchev–Trinajstić information content (AvgIpc) is 2.65. The molecule has 0 unspecified atom stereocenters. The Balaban J connectivity index is 2.00. The van der Waals surface area contributed by atoms with Gasteiger partial charge in [-0.1, -0.05) is 24.3 Å². The van der Waals surface area contributed by atoms with Gasteiger partial charge in [0.1, 0.15) is 5.69 Å². The van der Waals surface area contributed by atoms with Crippen molar-refractivity contribution in [3.05, 3.63) is 59.4 Å². The number of carbonyl (C=O) groups excluding carboxylic acids is 1. The number of carbonyl (C=O) groups is 1. The second kappa shape index (κ2) is 5.66. The first-order chi connectivity index (χ1) is 10.1. The average molecular weight is 281 g/mol. The van der Waals surface area contributed by atoms with Gasteiger partial charge in [-0.05, 0) is 37.7 Å². The quantitative estimate of drug-likeness (QED) is 0.806. The number of fused-ring (bicyclic) bond motifs is 1. The van der Waals surface area contributed by atoms with Gasteiger partial charge in [0.05, 0.1) is 0 Å². The molecule has 0 saturated carbocycles. The maximum absolute atomic E-state index is 12.8. The number of amides is 1. The highest BCUT2D eigenvalue weighted by Crippen LogP contribution is 2.25. The molecule has 2 heterocycles. The summed E-state index contributed by atoms with van der Waals surface area (Å²) < 4.78 is 0. The van der Waals surface area contributed by atoms with E-state index in [-0.39, 0.29) is 5.91 Å². The van der Waals surface area contributed by atoms with Crippen LogP contribution >= 0.6 is 0 Å². The molecule has 0 spiro atoms. The molecule has 4 nitrogen and oxygen atoms in total. The van der Waals surface area contributed by atoms with Crippen LogP contribution < -0.4 is 4.90 Å². The summed E-state index contributed by atoms with van der Waals surface area (Å²) in [6, 6.07) is 13.7. The standard InChI is InChI=1S/C17H19N3O/c1-13-6-5-8-15(18-13)17(21)20-11-10-19(2)12-14-7-3-4-9-16(14)20/h3-9H,10-12H2,1-2H3. The summed E-state index contributed by atoms with van der Waals surface area (Å²) in [6.45, 7) is 4.30. The molecule has 0 bridgehead atoms. The fraction of sp³-hybridized carbons (Fsp3) is 0.294. The lowest BCUT2D eigenvalue weighted by Crippen LogP contribution is -2.35. The summed E-state index contributed by atoms with van der Waals surface area (Å²) in [6.07, 6.45) is 0. The molecule has 1 aliphatic rings. The minimum absolute atomic E-state index is 0.0264. The first kappa shape index (κ1) is 13.8. The van der Waals surface area contributed by atoms with Gasteiger partial charge in [-0.2, -0.15) is 0 Å². The fourth-order valence-electron chi connectivity index (χ4n) is 2.68. The Morgan fingerprint density at radius 2 is 1.90 bits per heavy atom. The number of nitrogens with zero attached hydrogens (tertiary/aromatic N) is 3. The van der Waals surface area contributed by atoms with Crippen molar-refractivity contribution < 1.29 is 4.79 Å². The molecular weight excluding hydrogens is 262 g/mol. The van der Waals surface area contributed by atoms with E-state index in [1.807, 2.05) is 42.2 Å². The van der Waals surface area contributed by atoms with Crippen molar-refractivity contribution in [2.45, 2.75) is 13.5 Å². The lowest BCUT2D eigenvalue weighted by Gasteiger charge is -2.22. The van der Waals surface area contributed by atoms with Gasteiger partial charge in [-0.25, -0.2) is 4.98 Å². The fourth-order valence-corrected chi connectivity index (χ4v) is 2.68. The molecular formula is C17H19N3O. The molecule has 0 aliphatic carbocycles. The molecule has 21 heavy (non-hydrogen) atoms. The monoisotopic (exact) mass is 281 g/mol. The molecule has 0 radical (unpaired) electrons. The van der Waals surface area contributed by atoms with Crippen LogP contribution in [0.15, 0.2) is 42.5 Å². The Kier molecular flexibility index (Phi) is 3.71. The summed E-state index contributed by atoms with van der Waals surface area (Å²) in [7, 11) is 2.08. The molecule has 1 aromatic carbocycles. The van der Waals surface area contributed by atoms with E-state index in [0.29, 0.717) is 12.2 Å².